The van der Waals surface area contributed by atoms with Gasteiger partial charge in [-0.1, -0.05) is 26.0 Å². The fourth-order valence-electron chi connectivity index (χ4n) is 1.41. The maximum Gasteiger partial charge on any atom is 0.312 e. The van der Waals surface area contributed by atoms with Crippen LogP contribution in [0.3, 0.4) is 0 Å². The Morgan fingerprint density at radius 2 is 2.00 bits per heavy atom. The zero-order valence-electron chi connectivity index (χ0n) is 11.4. The molecule has 0 aliphatic carbocycles. The quantitative estimate of drug-likeness (QED) is 0.355. The predicted octanol–water partition coefficient (Wildman–Crippen LogP) is 2.22. The number of nitro benzene ring substituents is 1. The number of hydrogen-bond acceptors (Lipinski definition) is 6. The maximum atomic E-state index is 11.4. The smallest absolute Gasteiger partial charge is 0.312 e. The first-order chi connectivity index (χ1) is 9.32. The molecule has 20 heavy (non-hydrogen) atoms. The van der Waals surface area contributed by atoms with Gasteiger partial charge in [0.2, 0.25) is 5.75 Å². The van der Waals surface area contributed by atoms with Crippen molar-refractivity contribution < 1.29 is 24.0 Å². The Balaban J connectivity index is 3.05. The van der Waals surface area contributed by atoms with Crippen LogP contribution in [0, 0.1) is 16.0 Å². The van der Waals surface area contributed by atoms with Gasteiger partial charge in [-0.25, -0.2) is 0 Å². The van der Waals surface area contributed by atoms with Gasteiger partial charge in [-0.3, -0.25) is 19.7 Å². The summed E-state index contributed by atoms with van der Waals surface area (Å²) in [4.78, 5) is 32.7. The van der Waals surface area contributed by atoms with Crippen molar-refractivity contribution in [3.63, 3.8) is 0 Å². The number of nitrogens with zero attached hydrogens (tertiary/aromatic N) is 1. The van der Waals surface area contributed by atoms with E-state index in [1.54, 1.807) is 13.8 Å². The number of carbonyl (C=O) groups is 2. The molecule has 0 saturated carbocycles. The summed E-state index contributed by atoms with van der Waals surface area (Å²) >= 11 is 0. The standard InChI is InChI=1S/C13H15NO6/c1-8(2)13(16)19-7-10-5-4-6-11(14(17)18)12(10)20-9(3)15/h4-6,8H,7H2,1-3H3. The average Bonchev–Trinajstić information content (AvgIpc) is 2.35. The first-order valence-corrected chi connectivity index (χ1v) is 5.94. The van der Waals surface area contributed by atoms with Crippen LogP contribution in [0.4, 0.5) is 5.69 Å². The number of esters is 2. The van der Waals surface area contributed by atoms with Crippen molar-refractivity contribution in [1.29, 1.82) is 0 Å². The molecule has 0 aliphatic rings. The third-order valence-corrected chi connectivity index (χ3v) is 2.36. The van der Waals surface area contributed by atoms with Crippen molar-refractivity contribution in [1.82, 2.24) is 0 Å². The molecular weight excluding hydrogens is 266 g/mol. The van der Waals surface area contributed by atoms with Crippen LogP contribution in [-0.4, -0.2) is 16.9 Å². The lowest BCUT2D eigenvalue weighted by atomic mass is 10.2. The second kappa shape index (κ2) is 6.65. The van der Waals surface area contributed by atoms with Gasteiger partial charge < -0.3 is 9.47 Å². The van der Waals surface area contributed by atoms with Gasteiger partial charge in [-0.2, -0.15) is 0 Å². The van der Waals surface area contributed by atoms with Crippen LogP contribution in [0.5, 0.6) is 5.75 Å². The number of rotatable bonds is 5. The molecule has 0 heterocycles. The van der Waals surface area contributed by atoms with E-state index in [0.717, 1.165) is 6.92 Å². The predicted molar refractivity (Wildman–Crippen MR) is 69.0 cm³/mol. The second-order valence-electron chi connectivity index (χ2n) is 4.38. The zero-order valence-corrected chi connectivity index (χ0v) is 11.4. The molecule has 0 bridgehead atoms. The van der Waals surface area contributed by atoms with E-state index in [-0.39, 0.29) is 29.5 Å². The molecule has 1 aromatic rings. The highest BCUT2D eigenvalue weighted by atomic mass is 16.6. The molecule has 0 atom stereocenters. The van der Waals surface area contributed by atoms with Crippen LogP contribution in [0.1, 0.15) is 26.3 Å². The van der Waals surface area contributed by atoms with Gasteiger partial charge >= 0.3 is 17.6 Å². The van der Waals surface area contributed by atoms with E-state index in [0.29, 0.717) is 0 Å². The monoisotopic (exact) mass is 281 g/mol. The fraction of sp³-hybridized carbons (Fsp3) is 0.385. The van der Waals surface area contributed by atoms with Crippen LogP contribution in [0.25, 0.3) is 0 Å². The minimum Gasteiger partial charge on any atom is -0.460 e. The molecule has 0 unspecified atom stereocenters. The lowest BCUT2D eigenvalue weighted by molar-refractivity contribution is -0.385. The van der Waals surface area contributed by atoms with Crippen LogP contribution >= 0.6 is 0 Å². The zero-order chi connectivity index (χ0) is 15.3. The lowest BCUT2D eigenvalue weighted by Crippen LogP contribution is -2.13. The molecule has 7 heteroatoms. The molecule has 0 radical (unpaired) electrons. The number of carbonyl (C=O) groups excluding carboxylic acids is 2. The number of benzene rings is 1. The minimum absolute atomic E-state index is 0.193. The Bertz CT molecular complexity index is 538. The van der Waals surface area contributed by atoms with Gasteiger partial charge in [0.15, 0.2) is 0 Å². The SMILES string of the molecule is CC(=O)Oc1c(COC(=O)C(C)C)cccc1[N+](=O)[O-]. The molecule has 0 saturated heterocycles. The lowest BCUT2D eigenvalue weighted by Gasteiger charge is -2.11. The highest BCUT2D eigenvalue weighted by molar-refractivity contribution is 5.73. The van der Waals surface area contributed by atoms with Gasteiger partial charge in [0.25, 0.3) is 0 Å². The van der Waals surface area contributed by atoms with E-state index in [4.69, 9.17) is 9.47 Å². The normalized spacial score (nSPS) is 10.2. The van der Waals surface area contributed by atoms with Gasteiger partial charge in [-0.15, -0.1) is 0 Å². The molecule has 0 amide bonds. The van der Waals surface area contributed by atoms with Crippen molar-refractivity contribution >= 4 is 17.6 Å². The number of para-hydroxylation sites is 1. The topological polar surface area (TPSA) is 95.7 Å². The van der Waals surface area contributed by atoms with Crippen molar-refractivity contribution in [2.24, 2.45) is 5.92 Å². The Morgan fingerprint density at radius 3 is 2.50 bits per heavy atom. The van der Waals surface area contributed by atoms with Crippen LogP contribution in [0.15, 0.2) is 18.2 Å². The summed E-state index contributed by atoms with van der Waals surface area (Å²) in [6.45, 7) is 4.29. The maximum absolute atomic E-state index is 11.4. The second-order valence-corrected chi connectivity index (χ2v) is 4.38. The van der Waals surface area contributed by atoms with E-state index in [9.17, 15) is 19.7 Å². The third-order valence-electron chi connectivity index (χ3n) is 2.36. The van der Waals surface area contributed by atoms with E-state index in [1.807, 2.05) is 0 Å². The molecule has 108 valence electrons. The molecule has 0 fully saturated rings. The van der Waals surface area contributed by atoms with Crippen LogP contribution in [-0.2, 0) is 20.9 Å². The largest absolute Gasteiger partial charge is 0.460 e. The van der Waals surface area contributed by atoms with Crippen LogP contribution in [0.2, 0.25) is 0 Å². The minimum atomic E-state index is -0.685. The summed E-state index contributed by atoms with van der Waals surface area (Å²) in [5.41, 5.74) is -0.0818. The molecule has 1 rings (SSSR count). The molecule has 0 spiro atoms. The Kier molecular flexibility index (Phi) is 5.19. The summed E-state index contributed by atoms with van der Waals surface area (Å²) in [5.74, 6) is -1.63. The van der Waals surface area contributed by atoms with Gasteiger partial charge in [0, 0.05) is 18.6 Å². The molecule has 1 aromatic carbocycles. The molecular formula is C13H15NO6. The Hall–Kier alpha value is -2.44. The van der Waals surface area contributed by atoms with Crippen molar-refractivity contribution in [3.05, 3.63) is 33.9 Å². The van der Waals surface area contributed by atoms with Gasteiger partial charge in [0.1, 0.15) is 6.61 Å². The number of nitro groups is 1. The number of hydrogen-bond donors (Lipinski definition) is 0. The Morgan fingerprint density at radius 1 is 1.35 bits per heavy atom. The summed E-state index contributed by atoms with van der Waals surface area (Å²) in [5, 5.41) is 10.9. The molecule has 0 aromatic heterocycles. The summed E-state index contributed by atoms with van der Waals surface area (Å²) in [6.07, 6.45) is 0. The average molecular weight is 281 g/mol. The highest BCUT2D eigenvalue weighted by Gasteiger charge is 2.21. The summed E-state index contributed by atoms with van der Waals surface area (Å²) in [7, 11) is 0. The Labute approximate surface area is 115 Å². The van der Waals surface area contributed by atoms with Crippen molar-refractivity contribution in [3.8, 4) is 5.75 Å². The van der Waals surface area contributed by atoms with Crippen molar-refractivity contribution in [2.75, 3.05) is 0 Å². The molecule has 7 nitrogen and oxygen atoms in total. The first kappa shape index (κ1) is 15.6. The van der Waals surface area contributed by atoms with Gasteiger partial charge in [-0.05, 0) is 0 Å². The van der Waals surface area contributed by atoms with Crippen molar-refractivity contribution in [2.45, 2.75) is 27.4 Å². The summed E-state index contributed by atoms with van der Waals surface area (Å²) < 4.78 is 9.85. The molecule has 0 N–H and O–H groups in total. The van der Waals surface area contributed by atoms with E-state index in [1.165, 1.54) is 18.2 Å². The van der Waals surface area contributed by atoms with Gasteiger partial charge in [0.05, 0.1) is 10.8 Å². The third kappa shape index (κ3) is 4.04. The fourth-order valence-corrected chi connectivity index (χ4v) is 1.41. The van der Waals surface area contributed by atoms with E-state index < -0.39 is 16.9 Å². The highest BCUT2D eigenvalue weighted by Crippen LogP contribution is 2.31. The summed E-state index contributed by atoms with van der Waals surface area (Å²) in [6, 6.07) is 4.15. The molecule has 0 aliphatic heterocycles. The van der Waals surface area contributed by atoms with E-state index in [2.05, 4.69) is 0 Å². The van der Waals surface area contributed by atoms with Crippen LogP contribution < -0.4 is 4.74 Å². The van der Waals surface area contributed by atoms with E-state index >= 15 is 0 Å². The number of ether oxygens (including phenoxy) is 2. The first-order valence-electron chi connectivity index (χ1n) is 5.94.